The molecule has 0 amide bonds. The number of pyridine rings is 1. The lowest BCUT2D eigenvalue weighted by Crippen LogP contribution is -2.16. The molecule has 15 heavy (non-hydrogen) atoms. The fourth-order valence-corrected chi connectivity index (χ4v) is 2.31. The van der Waals surface area contributed by atoms with Gasteiger partial charge in [-0.1, -0.05) is 13.3 Å². The van der Waals surface area contributed by atoms with Crippen molar-refractivity contribution in [3.63, 3.8) is 0 Å². The third kappa shape index (κ3) is 1.94. The summed E-state index contributed by atoms with van der Waals surface area (Å²) in [6, 6.07) is 2.14. The highest BCUT2D eigenvalue weighted by Crippen LogP contribution is 2.24. The van der Waals surface area contributed by atoms with E-state index < -0.39 is 0 Å². The predicted octanol–water partition coefficient (Wildman–Crippen LogP) is 2.86. The van der Waals surface area contributed by atoms with E-state index in [1.165, 1.54) is 11.1 Å². The number of nitrogens with zero attached hydrogens (tertiary/aromatic N) is 1. The lowest BCUT2D eigenvalue weighted by molar-refractivity contribution is 0.0966. The average Bonchev–Trinajstić information content (AvgIpc) is 2.20. The molecule has 80 valence electrons. The summed E-state index contributed by atoms with van der Waals surface area (Å²) in [4.78, 5) is 16.1. The van der Waals surface area contributed by atoms with Gasteiger partial charge >= 0.3 is 0 Å². The molecule has 0 saturated heterocycles. The molecule has 0 aliphatic heterocycles. The van der Waals surface area contributed by atoms with Gasteiger partial charge in [-0.2, -0.15) is 0 Å². The van der Waals surface area contributed by atoms with Crippen LogP contribution in [0.15, 0.2) is 6.07 Å². The molecule has 0 saturated carbocycles. The van der Waals surface area contributed by atoms with Crippen molar-refractivity contribution in [1.82, 2.24) is 4.98 Å². The Morgan fingerprint density at radius 2 is 2.20 bits per heavy atom. The molecule has 1 aromatic heterocycles. The fourth-order valence-electron chi connectivity index (χ4n) is 2.31. The number of aromatic nitrogens is 1. The fraction of sp³-hybridized carbons (Fsp3) is 0.538. The van der Waals surface area contributed by atoms with E-state index in [2.05, 4.69) is 18.0 Å². The van der Waals surface area contributed by atoms with Gasteiger partial charge in [-0.05, 0) is 43.4 Å². The van der Waals surface area contributed by atoms with Crippen molar-refractivity contribution in [2.75, 3.05) is 0 Å². The van der Waals surface area contributed by atoms with Crippen LogP contribution in [-0.2, 0) is 12.8 Å². The smallest absolute Gasteiger partial charge is 0.181 e. The third-order valence-corrected chi connectivity index (χ3v) is 2.96. The largest absolute Gasteiger partial charge is 0.292 e. The number of carbonyl (C=O) groups is 1. The van der Waals surface area contributed by atoms with Crippen LogP contribution >= 0.6 is 0 Å². The summed E-state index contributed by atoms with van der Waals surface area (Å²) >= 11 is 0. The van der Waals surface area contributed by atoms with Crippen LogP contribution in [0.2, 0.25) is 0 Å². The van der Waals surface area contributed by atoms with Gasteiger partial charge in [-0.3, -0.25) is 4.79 Å². The number of ketones is 1. The molecule has 0 fully saturated rings. The molecule has 2 rings (SSSR count). The van der Waals surface area contributed by atoms with Crippen LogP contribution in [0.4, 0.5) is 0 Å². The van der Waals surface area contributed by atoms with Gasteiger partial charge in [0.25, 0.3) is 0 Å². The third-order valence-electron chi connectivity index (χ3n) is 2.96. The van der Waals surface area contributed by atoms with E-state index in [1.54, 1.807) is 0 Å². The molecular formula is C13H17NO. The van der Waals surface area contributed by atoms with E-state index in [4.69, 9.17) is 0 Å². The summed E-state index contributed by atoms with van der Waals surface area (Å²) in [5, 5.41) is 0. The summed E-state index contributed by atoms with van der Waals surface area (Å²) in [5.74, 6) is 0.234. The molecule has 1 aliphatic rings. The molecule has 2 nitrogen and oxygen atoms in total. The van der Waals surface area contributed by atoms with E-state index in [-0.39, 0.29) is 5.78 Å². The zero-order chi connectivity index (χ0) is 10.8. The van der Waals surface area contributed by atoms with Crippen molar-refractivity contribution in [2.24, 2.45) is 0 Å². The number of hydrogen-bond acceptors (Lipinski definition) is 2. The lowest BCUT2D eigenvalue weighted by atomic mass is 9.89. The normalized spacial score (nSPS) is 15.2. The van der Waals surface area contributed by atoms with Crippen molar-refractivity contribution in [2.45, 2.75) is 46.0 Å². The highest BCUT2D eigenvalue weighted by atomic mass is 16.1. The van der Waals surface area contributed by atoms with Gasteiger partial charge in [0.15, 0.2) is 5.78 Å². The van der Waals surface area contributed by atoms with Crippen molar-refractivity contribution in [1.29, 1.82) is 0 Å². The minimum Gasteiger partial charge on any atom is -0.292 e. The summed E-state index contributed by atoms with van der Waals surface area (Å²) in [6.07, 6.45) is 4.90. The standard InChI is InChI=1S/C13H17NO/c1-3-5-10-8-9(2)14-13-11(10)6-4-7-12(13)15/h8H,3-7H2,1-2H3. The second-order valence-electron chi connectivity index (χ2n) is 4.28. The Morgan fingerprint density at radius 3 is 2.93 bits per heavy atom. The Balaban J connectivity index is 2.51. The van der Waals surface area contributed by atoms with E-state index in [9.17, 15) is 4.79 Å². The van der Waals surface area contributed by atoms with Crippen LogP contribution in [-0.4, -0.2) is 10.8 Å². The SMILES string of the molecule is CCCc1cc(C)nc2c1CCCC2=O. The van der Waals surface area contributed by atoms with Crippen LogP contribution in [0.25, 0.3) is 0 Å². The highest BCUT2D eigenvalue weighted by molar-refractivity contribution is 5.96. The topological polar surface area (TPSA) is 30.0 Å². The molecule has 1 aromatic rings. The van der Waals surface area contributed by atoms with Crippen molar-refractivity contribution in [3.05, 3.63) is 28.6 Å². The van der Waals surface area contributed by atoms with Gasteiger partial charge in [0.05, 0.1) is 0 Å². The highest BCUT2D eigenvalue weighted by Gasteiger charge is 2.21. The molecule has 0 atom stereocenters. The molecule has 0 aromatic carbocycles. The number of carbonyl (C=O) groups excluding carboxylic acids is 1. The van der Waals surface area contributed by atoms with Crippen molar-refractivity contribution >= 4 is 5.78 Å². The van der Waals surface area contributed by atoms with Crippen molar-refractivity contribution < 1.29 is 4.79 Å². The molecule has 0 N–H and O–H groups in total. The first-order chi connectivity index (χ1) is 7.22. The maximum absolute atomic E-state index is 11.7. The van der Waals surface area contributed by atoms with E-state index in [1.807, 2.05) is 6.92 Å². The molecule has 0 radical (unpaired) electrons. The summed E-state index contributed by atoms with van der Waals surface area (Å²) in [7, 11) is 0. The first-order valence-corrected chi connectivity index (χ1v) is 5.75. The summed E-state index contributed by atoms with van der Waals surface area (Å²) < 4.78 is 0. The first-order valence-electron chi connectivity index (χ1n) is 5.75. The number of aryl methyl sites for hydroxylation is 2. The predicted molar refractivity (Wildman–Crippen MR) is 60.2 cm³/mol. The quantitative estimate of drug-likeness (QED) is 0.739. The molecule has 0 bridgehead atoms. The minimum absolute atomic E-state index is 0.234. The van der Waals surface area contributed by atoms with Crippen LogP contribution in [0, 0.1) is 6.92 Å². The van der Waals surface area contributed by atoms with Crippen LogP contribution in [0.3, 0.4) is 0 Å². The Bertz CT molecular complexity index is 396. The Hall–Kier alpha value is -1.18. The molecular weight excluding hydrogens is 186 g/mol. The Kier molecular flexibility index (Phi) is 2.85. The zero-order valence-corrected chi connectivity index (χ0v) is 9.47. The number of rotatable bonds is 2. The second kappa shape index (κ2) is 4.13. The van der Waals surface area contributed by atoms with Crippen LogP contribution in [0.1, 0.15) is 53.5 Å². The van der Waals surface area contributed by atoms with E-state index in [0.29, 0.717) is 6.42 Å². The van der Waals surface area contributed by atoms with Crippen LogP contribution < -0.4 is 0 Å². The monoisotopic (exact) mass is 203 g/mol. The molecule has 1 heterocycles. The van der Waals surface area contributed by atoms with Gasteiger partial charge in [0.1, 0.15) is 5.69 Å². The van der Waals surface area contributed by atoms with E-state index in [0.717, 1.165) is 37.1 Å². The van der Waals surface area contributed by atoms with Gasteiger partial charge in [-0.25, -0.2) is 4.98 Å². The minimum atomic E-state index is 0.234. The number of fused-ring (bicyclic) bond motifs is 1. The average molecular weight is 203 g/mol. The Morgan fingerprint density at radius 1 is 1.40 bits per heavy atom. The second-order valence-corrected chi connectivity index (χ2v) is 4.28. The van der Waals surface area contributed by atoms with Crippen molar-refractivity contribution in [3.8, 4) is 0 Å². The zero-order valence-electron chi connectivity index (χ0n) is 9.47. The number of Topliss-reactive ketones (excluding diaryl/α,β-unsaturated/α-hetero) is 1. The summed E-state index contributed by atoms with van der Waals surface area (Å²) in [5.41, 5.74) is 4.30. The van der Waals surface area contributed by atoms with Gasteiger partial charge in [0, 0.05) is 12.1 Å². The maximum Gasteiger partial charge on any atom is 0.181 e. The van der Waals surface area contributed by atoms with Gasteiger partial charge in [-0.15, -0.1) is 0 Å². The van der Waals surface area contributed by atoms with E-state index >= 15 is 0 Å². The summed E-state index contributed by atoms with van der Waals surface area (Å²) in [6.45, 7) is 4.15. The number of hydrogen-bond donors (Lipinski definition) is 0. The molecule has 1 aliphatic carbocycles. The molecule has 0 spiro atoms. The maximum atomic E-state index is 11.7. The lowest BCUT2D eigenvalue weighted by Gasteiger charge is -2.18. The molecule has 0 unspecified atom stereocenters. The first kappa shape index (κ1) is 10.3. The van der Waals surface area contributed by atoms with Gasteiger partial charge < -0.3 is 0 Å². The van der Waals surface area contributed by atoms with Crippen LogP contribution in [0.5, 0.6) is 0 Å². The molecule has 2 heteroatoms. The van der Waals surface area contributed by atoms with Gasteiger partial charge in [0.2, 0.25) is 0 Å². The Labute approximate surface area is 90.7 Å².